The van der Waals surface area contributed by atoms with Crippen LogP contribution in [0.1, 0.15) is 45.2 Å². The van der Waals surface area contributed by atoms with Crippen molar-refractivity contribution in [1.29, 1.82) is 0 Å². The van der Waals surface area contributed by atoms with E-state index in [0.29, 0.717) is 11.6 Å². The average Bonchev–Trinajstić information content (AvgIpc) is 3.01. The van der Waals surface area contributed by atoms with Gasteiger partial charge in [-0.3, -0.25) is 4.79 Å². The number of ketones is 1. The highest BCUT2D eigenvalue weighted by atomic mass is 19.1. The quantitative estimate of drug-likeness (QED) is 0.631. The summed E-state index contributed by atoms with van der Waals surface area (Å²) in [5.41, 5.74) is 2.45. The second-order valence-corrected chi connectivity index (χ2v) is 5.87. The molecular formula is C19H16F2O3. The van der Waals surface area contributed by atoms with E-state index in [9.17, 15) is 18.4 Å². The average molecular weight is 330 g/mol. The fourth-order valence-corrected chi connectivity index (χ4v) is 2.89. The summed E-state index contributed by atoms with van der Waals surface area (Å²) < 4.78 is 31.5. The zero-order chi connectivity index (χ0) is 17.3. The molecule has 0 amide bonds. The van der Waals surface area contributed by atoms with E-state index < -0.39 is 29.3 Å². The van der Waals surface area contributed by atoms with Crippen molar-refractivity contribution >= 4 is 11.8 Å². The van der Waals surface area contributed by atoms with Crippen LogP contribution in [0.5, 0.6) is 0 Å². The number of fused-ring (bicyclic) bond motifs is 1. The Morgan fingerprint density at radius 2 is 1.79 bits per heavy atom. The third kappa shape index (κ3) is 3.20. The van der Waals surface area contributed by atoms with Crippen LogP contribution in [0, 0.1) is 11.6 Å². The number of Topliss-reactive ketones (excluding diaryl/α,β-unsaturated/α-hetero) is 1. The molecule has 1 aliphatic carbocycles. The summed E-state index contributed by atoms with van der Waals surface area (Å²) >= 11 is 0. The lowest BCUT2D eigenvalue weighted by atomic mass is 10.0. The van der Waals surface area contributed by atoms with E-state index in [1.165, 1.54) is 12.5 Å². The highest BCUT2D eigenvalue weighted by Crippen LogP contribution is 2.24. The van der Waals surface area contributed by atoms with Crippen LogP contribution < -0.4 is 0 Å². The number of esters is 1. The second kappa shape index (κ2) is 6.51. The standard InChI is InChI=1S/C19H16F2O3/c1-11(24-19(23)16-8-7-15(20)10-17(16)21)18(22)14-6-5-12-3-2-4-13(12)9-14/h5-11H,2-4H2,1H3. The number of carbonyl (C=O) groups excluding carboxylic acids is 2. The van der Waals surface area contributed by atoms with Crippen molar-refractivity contribution in [2.75, 3.05) is 0 Å². The van der Waals surface area contributed by atoms with E-state index in [1.807, 2.05) is 12.1 Å². The van der Waals surface area contributed by atoms with E-state index in [4.69, 9.17) is 4.74 Å². The summed E-state index contributed by atoms with van der Waals surface area (Å²) in [5, 5.41) is 0. The molecule has 1 atom stereocenters. The van der Waals surface area contributed by atoms with Crippen molar-refractivity contribution in [1.82, 2.24) is 0 Å². The Balaban J connectivity index is 1.73. The Labute approximate surface area is 138 Å². The number of hydrogen-bond acceptors (Lipinski definition) is 3. The number of ether oxygens (including phenoxy) is 1. The monoisotopic (exact) mass is 330 g/mol. The third-order valence-corrected chi connectivity index (χ3v) is 4.19. The molecular weight excluding hydrogens is 314 g/mol. The number of halogens is 2. The smallest absolute Gasteiger partial charge is 0.341 e. The first-order valence-electron chi connectivity index (χ1n) is 7.78. The van der Waals surface area contributed by atoms with E-state index >= 15 is 0 Å². The topological polar surface area (TPSA) is 43.4 Å². The Morgan fingerprint density at radius 3 is 2.54 bits per heavy atom. The van der Waals surface area contributed by atoms with Gasteiger partial charge in [0.15, 0.2) is 6.10 Å². The molecule has 3 nitrogen and oxygen atoms in total. The normalized spacial score (nSPS) is 14.1. The maximum absolute atomic E-state index is 13.6. The van der Waals surface area contributed by atoms with E-state index in [1.54, 1.807) is 6.07 Å². The van der Waals surface area contributed by atoms with Crippen LogP contribution in [-0.4, -0.2) is 17.9 Å². The molecule has 2 aromatic carbocycles. The fourth-order valence-electron chi connectivity index (χ4n) is 2.89. The van der Waals surface area contributed by atoms with Crippen LogP contribution in [-0.2, 0) is 17.6 Å². The summed E-state index contributed by atoms with van der Waals surface area (Å²) in [6.45, 7) is 1.44. The van der Waals surface area contributed by atoms with E-state index in [0.717, 1.165) is 37.0 Å². The first-order valence-corrected chi connectivity index (χ1v) is 7.78. The molecule has 1 unspecified atom stereocenters. The van der Waals surface area contributed by atoms with Crippen LogP contribution in [0.15, 0.2) is 36.4 Å². The van der Waals surface area contributed by atoms with Crippen LogP contribution in [0.3, 0.4) is 0 Å². The molecule has 1 aliphatic rings. The van der Waals surface area contributed by atoms with Gasteiger partial charge in [0.25, 0.3) is 0 Å². The van der Waals surface area contributed by atoms with E-state index in [2.05, 4.69) is 0 Å². The summed E-state index contributed by atoms with van der Waals surface area (Å²) in [6.07, 6.45) is 1.96. The zero-order valence-corrected chi connectivity index (χ0v) is 13.1. The number of aryl methyl sites for hydroxylation is 2. The molecule has 0 saturated heterocycles. The van der Waals surface area contributed by atoms with Crippen LogP contribution in [0.25, 0.3) is 0 Å². The molecule has 0 spiro atoms. The first-order chi connectivity index (χ1) is 11.5. The Bertz CT molecular complexity index is 814. The van der Waals surface area contributed by atoms with Gasteiger partial charge in [0.05, 0.1) is 5.56 Å². The molecule has 0 saturated carbocycles. The fraction of sp³-hybridized carbons (Fsp3) is 0.263. The number of hydrogen-bond donors (Lipinski definition) is 0. The van der Waals surface area contributed by atoms with Gasteiger partial charge in [0.2, 0.25) is 5.78 Å². The van der Waals surface area contributed by atoms with Crippen LogP contribution in [0.4, 0.5) is 8.78 Å². The van der Waals surface area contributed by atoms with Crippen molar-refractivity contribution in [2.45, 2.75) is 32.3 Å². The summed E-state index contributed by atoms with van der Waals surface area (Å²) in [7, 11) is 0. The molecule has 0 fully saturated rings. The van der Waals surface area contributed by atoms with Gasteiger partial charge in [-0.1, -0.05) is 12.1 Å². The van der Waals surface area contributed by atoms with Gasteiger partial charge in [-0.15, -0.1) is 0 Å². The number of rotatable bonds is 4. The number of benzene rings is 2. The minimum absolute atomic E-state index is 0.347. The van der Waals surface area contributed by atoms with Crippen molar-refractivity contribution in [3.8, 4) is 0 Å². The molecule has 0 aliphatic heterocycles. The Kier molecular flexibility index (Phi) is 4.42. The molecule has 3 rings (SSSR count). The minimum atomic E-state index is -1.05. The van der Waals surface area contributed by atoms with Crippen molar-refractivity contribution in [3.05, 3.63) is 70.3 Å². The van der Waals surface area contributed by atoms with Crippen molar-refractivity contribution < 1.29 is 23.1 Å². The van der Waals surface area contributed by atoms with Gasteiger partial charge in [-0.25, -0.2) is 13.6 Å². The second-order valence-electron chi connectivity index (χ2n) is 5.87. The molecule has 5 heteroatoms. The van der Waals surface area contributed by atoms with Gasteiger partial charge in [-0.2, -0.15) is 0 Å². The highest BCUT2D eigenvalue weighted by Gasteiger charge is 2.23. The van der Waals surface area contributed by atoms with Crippen molar-refractivity contribution in [2.24, 2.45) is 0 Å². The lowest BCUT2D eigenvalue weighted by Crippen LogP contribution is -2.25. The maximum atomic E-state index is 13.6. The Morgan fingerprint density at radius 1 is 1.04 bits per heavy atom. The van der Waals surface area contributed by atoms with Gasteiger partial charge in [0.1, 0.15) is 11.6 Å². The van der Waals surface area contributed by atoms with Gasteiger partial charge in [-0.05, 0) is 55.5 Å². The minimum Gasteiger partial charge on any atom is -0.451 e. The SMILES string of the molecule is CC(OC(=O)c1ccc(F)cc1F)C(=O)c1ccc2c(c1)CCC2. The van der Waals surface area contributed by atoms with Gasteiger partial charge in [0, 0.05) is 11.6 Å². The zero-order valence-electron chi connectivity index (χ0n) is 13.1. The molecule has 24 heavy (non-hydrogen) atoms. The van der Waals surface area contributed by atoms with E-state index in [-0.39, 0.29) is 5.78 Å². The molecule has 0 aromatic heterocycles. The maximum Gasteiger partial charge on any atom is 0.341 e. The van der Waals surface area contributed by atoms with Crippen LogP contribution >= 0.6 is 0 Å². The summed E-state index contributed by atoms with van der Waals surface area (Å²) in [4.78, 5) is 24.4. The largest absolute Gasteiger partial charge is 0.451 e. The summed E-state index contributed by atoms with van der Waals surface area (Å²) in [5.74, 6) is -3.14. The molecule has 0 bridgehead atoms. The van der Waals surface area contributed by atoms with Crippen LogP contribution in [0.2, 0.25) is 0 Å². The Hall–Kier alpha value is -2.56. The van der Waals surface area contributed by atoms with Gasteiger partial charge >= 0.3 is 5.97 Å². The van der Waals surface area contributed by atoms with Crippen molar-refractivity contribution in [3.63, 3.8) is 0 Å². The molecule has 0 N–H and O–H groups in total. The predicted octanol–water partition coefficient (Wildman–Crippen LogP) is 3.88. The first kappa shape index (κ1) is 16.3. The molecule has 0 radical (unpaired) electrons. The lowest BCUT2D eigenvalue weighted by Gasteiger charge is -2.13. The molecule has 2 aromatic rings. The lowest BCUT2D eigenvalue weighted by molar-refractivity contribution is 0.0314. The predicted molar refractivity (Wildman–Crippen MR) is 84.0 cm³/mol. The highest BCUT2D eigenvalue weighted by molar-refractivity contribution is 6.01. The molecule has 0 heterocycles. The summed E-state index contributed by atoms with van der Waals surface area (Å²) in [6, 6.07) is 8.03. The number of carbonyl (C=O) groups is 2. The van der Waals surface area contributed by atoms with Gasteiger partial charge < -0.3 is 4.74 Å². The molecule has 124 valence electrons. The third-order valence-electron chi connectivity index (χ3n) is 4.19.